The van der Waals surface area contributed by atoms with Crippen molar-refractivity contribution in [2.45, 2.75) is 44.6 Å². The van der Waals surface area contributed by atoms with Crippen LogP contribution in [0, 0.1) is 0 Å². The van der Waals surface area contributed by atoms with Gasteiger partial charge in [-0.1, -0.05) is 32.3 Å². The van der Waals surface area contributed by atoms with Crippen molar-refractivity contribution in [3.05, 3.63) is 12.7 Å². The van der Waals surface area contributed by atoms with Gasteiger partial charge in [-0.25, -0.2) is 4.79 Å². The van der Waals surface area contributed by atoms with Gasteiger partial charge in [-0.15, -0.1) is 0 Å². The Bertz CT molecular complexity index is 262. The van der Waals surface area contributed by atoms with Crippen molar-refractivity contribution in [3.8, 4) is 0 Å². The first-order chi connectivity index (χ1) is 9.64. The molecule has 0 aliphatic rings. The molecule has 0 aromatic heterocycles. The average Bonchev–Trinajstić information content (AvgIpc) is 2.49. The zero-order valence-corrected chi connectivity index (χ0v) is 14.0. The fourth-order valence-electron chi connectivity index (χ4n) is 1.94. The molecule has 0 aromatic carbocycles. The maximum absolute atomic E-state index is 10.8. The Morgan fingerprint density at radius 3 is 1.90 bits per heavy atom. The Kier molecular flexibility index (Phi) is 15.7. The van der Waals surface area contributed by atoms with Crippen molar-refractivity contribution in [3.63, 3.8) is 0 Å². The van der Waals surface area contributed by atoms with Crippen LogP contribution < -0.4 is 0 Å². The lowest BCUT2D eigenvalue weighted by atomic mass is 10.1. The lowest BCUT2D eigenvalue weighted by molar-refractivity contribution is -0.137. The normalized spacial score (nSPS) is 10.8. The summed E-state index contributed by atoms with van der Waals surface area (Å²) in [5.41, 5.74) is 0. The van der Waals surface area contributed by atoms with Crippen molar-refractivity contribution in [2.75, 3.05) is 27.9 Å². The summed E-state index contributed by atoms with van der Waals surface area (Å²) in [5.74, 6) is -0.343. The Hall–Kier alpha value is -0.476. The Balaban J connectivity index is 0. The second-order valence-corrected chi connectivity index (χ2v) is 7.63. The van der Waals surface area contributed by atoms with Crippen LogP contribution in [0.3, 0.4) is 0 Å². The van der Waals surface area contributed by atoms with E-state index in [1.54, 1.807) is 21.3 Å². The summed E-state index contributed by atoms with van der Waals surface area (Å²) in [5, 5.41) is 0. The molecule has 0 atom stereocenters. The summed E-state index contributed by atoms with van der Waals surface area (Å²) >= 11 is 0. The summed E-state index contributed by atoms with van der Waals surface area (Å²) in [7, 11) is 2.55. The van der Waals surface area contributed by atoms with Crippen LogP contribution in [0.1, 0.15) is 38.5 Å². The van der Waals surface area contributed by atoms with Gasteiger partial charge in [-0.3, -0.25) is 0 Å². The molecule has 0 saturated heterocycles. The molecule has 0 fully saturated rings. The molecule has 0 N–H and O–H groups in total. The number of carbonyl (C=O) groups is 1. The van der Waals surface area contributed by atoms with Crippen LogP contribution in [0.15, 0.2) is 12.7 Å². The van der Waals surface area contributed by atoms with E-state index in [0.717, 1.165) is 44.6 Å². The molecule has 5 nitrogen and oxygen atoms in total. The smallest absolute Gasteiger partial charge is 0.463 e. The van der Waals surface area contributed by atoms with Crippen LogP contribution in [0.4, 0.5) is 0 Å². The fraction of sp³-hybridized carbons (Fsp3) is 0.786. The molecule has 0 bridgehead atoms. The van der Waals surface area contributed by atoms with Crippen LogP contribution in [0.5, 0.6) is 0 Å². The summed E-state index contributed by atoms with van der Waals surface area (Å²) < 4.78 is 21.0. The van der Waals surface area contributed by atoms with Crippen molar-refractivity contribution in [1.29, 1.82) is 0 Å². The molecule has 0 aliphatic carbocycles. The van der Waals surface area contributed by atoms with Crippen molar-refractivity contribution >= 4 is 25.7 Å². The van der Waals surface area contributed by atoms with Gasteiger partial charge in [0, 0.05) is 33.4 Å². The number of ether oxygens (including phenoxy) is 1. The minimum absolute atomic E-state index is 0. The number of hydrogen-bond acceptors (Lipinski definition) is 5. The van der Waals surface area contributed by atoms with Gasteiger partial charge in [0.25, 0.3) is 0 Å². The van der Waals surface area contributed by atoms with Crippen LogP contribution in [0.2, 0.25) is 6.04 Å². The number of unbranched alkanes of at least 4 members (excludes halogenated alkanes) is 5. The number of carbonyl (C=O) groups excluding carboxylic acids is 1. The van der Waals surface area contributed by atoms with E-state index in [9.17, 15) is 4.79 Å². The third-order valence-electron chi connectivity index (χ3n) is 3.22. The highest BCUT2D eigenvalue weighted by molar-refractivity contribution is 6.60. The lowest BCUT2D eigenvalue weighted by Gasteiger charge is -2.24. The van der Waals surface area contributed by atoms with Gasteiger partial charge in [-0.05, 0) is 23.8 Å². The van der Waals surface area contributed by atoms with Crippen molar-refractivity contribution in [2.24, 2.45) is 0 Å². The zero-order valence-electron chi connectivity index (χ0n) is 13.0. The van der Waals surface area contributed by atoms with Crippen LogP contribution >= 0.6 is 0 Å². The first kappa shape index (κ1) is 22.8. The topological polar surface area (TPSA) is 54.0 Å². The van der Waals surface area contributed by atoms with E-state index in [4.69, 9.17) is 18.0 Å². The number of hydrogen-bond donors (Lipinski definition) is 0. The van der Waals surface area contributed by atoms with E-state index in [0.29, 0.717) is 6.61 Å². The van der Waals surface area contributed by atoms with E-state index in [2.05, 4.69) is 6.58 Å². The monoisotopic (exact) mass is 336 g/mol. The molecule has 0 heterocycles. The Morgan fingerprint density at radius 1 is 0.952 bits per heavy atom. The predicted octanol–water partition coefficient (Wildman–Crippen LogP) is 1.48. The van der Waals surface area contributed by atoms with E-state index in [1.165, 1.54) is 6.08 Å². The fourth-order valence-corrected chi connectivity index (χ4v) is 3.73. The molecule has 0 rings (SSSR count). The molecular weight excluding hydrogens is 304 g/mol. The maximum atomic E-state index is 10.8. The third-order valence-corrected chi connectivity index (χ3v) is 6.05. The largest absolute Gasteiger partial charge is 0.500 e. The summed E-state index contributed by atoms with van der Waals surface area (Å²) in [6, 6.07) is 0.855. The standard InChI is InChI=1S/C14H28O5Si.H4Si/c1-5-14(15)19-12-10-8-6-7-9-11-13-20(16-2,17-3)18-4;/h5H,1,6-13H2,2-4H3;1H4. The average molecular weight is 337 g/mol. The lowest BCUT2D eigenvalue weighted by Crippen LogP contribution is -2.42. The van der Waals surface area contributed by atoms with E-state index < -0.39 is 8.80 Å². The predicted molar refractivity (Wildman–Crippen MR) is 91.8 cm³/mol. The summed E-state index contributed by atoms with van der Waals surface area (Å²) in [6.45, 7) is 3.83. The SMILES string of the molecule is C=CC(=O)OCCCCCCCC[Si](OC)(OC)OC.[SiH4]. The van der Waals surface area contributed by atoms with Gasteiger partial charge in [-0.2, -0.15) is 0 Å². The van der Waals surface area contributed by atoms with Gasteiger partial charge in [0.2, 0.25) is 0 Å². The van der Waals surface area contributed by atoms with Crippen LogP contribution in [-0.2, 0) is 22.8 Å². The molecule has 7 heteroatoms. The van der Waals surface area contributed by atoms with Gasteiger partial charge in [0.05, 0.1) is 6.61 Å². The molecule has 0 aliphatic heterocycles. The van der Waals surface area contributed by atoms with E-state index in [-0.39, 0.29) is 16.9 Å². The first-order valence-electron chi connectivity index (χ1n) is 7.08. The first-order valence-corrected chi connectivity index (χ1v) is 9.02. The molecule has 21 heavy (non-hydrogen) atoms. The van der Waals surface area contributed by atoms with Gasteiger partial charge in [0.15, 0.2) is 0 Å². The molecular formula is C14H32O5Si2. The summed E-state index contributed by atoms with van der Waals surface area (Å²) in [6.07, 6.45) is 7.67. The second kappa shape index (κ2) is 14.5. The van der Waals surface area contributed by atoms with E-state index in [1.807, 2.05) is 0 Å². The minimum atomic E-state index is -2.38. The molecule has 0 unspecified atom stereocenters. The highest BCUT2D eigenvalue weighted by atomic mass is 28.4. The summed E-state index contributed by atoms with van der Waals surface area (Å²) in [4.78, 5) is 10.8. The number of rotatable bonds is 13. The molecule has 0 spiro atoms. The minimum Gasteiger partial charge on any atom is -0.463 e. The van der Waals surface area contributed by atoms with Crippen LogP contribution in [-0.4, -0.2) is 53.7 Å². The molecule has 126 valence electrons. The number of esters is 1. The van der Waals surface area contributed by atoms with Gasteiger partial charge < -0.3 is 18.0 Å². The Morgan fingerprint density at radius 2 is 1.43 bits per heavy atom. The van der Waals surface area contributed by atoms with Crippen molar-refractivity contribution in [1.82, 2.24) is 0 Å². The Labute approximate surface area is 134 Å². The van der Waals surface area contributed by atoms with Crippen LogP contribution in [0.25, 0.3) is 0 Å². The van der Waals surface area contributed by atoms with Gasteiger partial charge >= 0.3 is 14.8 Å². The maximum Gasteiger partial charge on any atom is 0.500 e. The van der Waals surface area contributed by atoms with Crippen molar-refractivity contribution < 1.29 is 22.8 Å². The molecule has 0 saturated carbocycles. The molecule has 0 amide bonds. The molecule has 0 aromatic rings. The third kappa shape index (κ3) is 10.8. The quantitative estimate of drug-likeness (QED) is 0.221. The van der Waals surface area contributed by atoms with E-state index >= 15 is 0 Å². The molecule has 0 radical (unpaired) electrons. The highest BCUT2D eigenvalue weighted by Crippen LogP contribution is 2.18. The second-order valence-electron chi connectivity index (χ2n) is 4.54. The highest BCUT2D eigenvalue weighted by Gasteiger charge is 2.36. The van der Waals surface area contributed by atoms with Gasteiger partial charge in [0.1, 0.15) is 0 Å². The zero-order chi connectivity index (χ0) is 15.3.